The number of carbonyl (C=O) groups is 2. The van der Waals surface area contributed by atoms with Crippen LogP contribution < -0.4 is 0 Å². The number of esters is 1. The van der Waals surface area contributed by atoms with Gasteiger partial charge < -0.3 is 4.74 Å². The summed E-state index contributed by atoms with van der Waals surface area (Å²) in [7, 11) is 0. The molecule has 0 aliphatic heterocycles. The van der Waals surface area contributed by atoms with Crippen molar-refractivity contribution < 1.29 is 14.3 Å². The quantitative estimate of drug-likeness (QED) is 0.433. The van der Waals surface area contributed by atoms with Gasteiger partial charge in [-0.3, -0.25) is 9.59 Å². The average molecular weight is 217 g/mol. The fourth-order valence-corrected chi connectivity index (χ4v) is 0.992. The molecule has 4 heteroatoms. The van der Waals surface area contributed by atoms with E-state index in [0.29, 0.717) is 0 Å². The molecule has 0 saturated heterocycles. The second-order valence-electron chi connectivity index (χ2n) is 3.03. The van der Waals surface area contributed by atoms with Gasteiger partial charge in [0.15, 0.2) is 0 Å². The van der Waals surface area contributed by atoms with Gasteiger partial charge in [0, 0.05) is 23.1 Å². The molecule has 0 N–H and O–H groups in total. The lowest BCUT2D eigenvalue weighted by atomic mass is 10.2. The van der Waals surface area contributed by atoms with Gasteiger partial charge in [-0.2, -0.15) is 0 Å². The van der Waals surface area contributed by atoms with E-state index in [4.69, 9.17) is 4.74 Å². The van der Waals surface area contributed by atoms with E-state index in [0.717, 1.165) is 5.56 Å². The van der Waals surface area contributed by atoms with Crippen LogP contribution in [0.15, 0.2) is 30.3 Å². The summed E-state index contributed by atoms with van der Waals surface area (Å²) in [4.78, 5) is 21.5. The Morgan fingerprint density at radius 3 is 2.33 bits per heavy atom. The summed E-state index contributed by atoms with van der Waals surface area (Å²) in [6.45, 7) is 1.59. The van der Waals surface area contributed by atoms with Gasteiger partial charge in [0.25, 0.3) is 0 Å². The Hall–Kier alpha value is -0.874. The fourth-order valence-electron chi connectivity index (χ4n) is 0.992. The number of Topliss-reactive ketones (excluding diaryl/α,β-unsaturated/α-hetero) is 1. The number of rotatable bonds is 4. The summed E-state index contributed by atoms with van der Waals surface area (Å²) in [5.74, 6) is -0.649. The maximum absolute atomic E-state index is 11.0. The van der Waals surface area contributed by atoms with Crippen molar-refractivity contribution in [3.8, 4) is 0 Å². The Labute approximate surface area is 105 Å². The minimum atomic E-state index is -0.471. The molecular formula is C11H12MgO3. The monoisotopic (exact) mass is 216 g/mol. The summed E-state index contributed by atoms with van der Waals surface area (Å²) in [5.41, 5.74) is 0.921. The van der Waals surface area contributed by atoms with E-state index >= 15 is 0 Å². The van der Waals surface area contributed by atoms with Crippen LogP contribution in [0.2, 0.25) is 0 Å². The number of ether oxygens (including phenoxy) is 1. The maximum atomic E-state index is 11.0. The molecule has 0 spiro atoms. The van der Waals surface area contributed by atoms with Crippen molar-refractivity contribution >= 4 is 34.8 Å². The summed E-state index contributed by atoms with van der Waals surface area (Å²) in [6.07, 6.45) is -0.146. The van der Waals surface area contributed by atoms with Crippen LogP contribution in [-0.4, -0.2) is 34.8 Å². The van der Waals surface area contributed by atoms with Crippen molar-refractivity contribution in [3.05, 3.63) is 35.9 Å². The molecule has 0 aromatic heterocycles. The summed E-state index contributed by atoms with van der Waals surface area (Å²) < 4.78 is 4.88. The summed E-state index contributed by atoms with van der Waals surface area (Å²) >= 11 is 0. The molecule has 0 aliphatic carbocycles. The van der Waals surface area contributed by atoms with E-state index in [-0.39, 0.29) is 41.9 Å². The summed E-state index contributed by atoms with van der Waals surface area (Å²) in [6, 6.07) is 9.35. The molecule has 1 aromatic carbocycles. The molecular weight excluding hydrogens is 204 g/mol. The fraction of sp³-hybridized carbons (Fsp3) is 0.273. The van der Waals surface area contributed by atoms with Crippen LogP contribution in [0.3, 0.4) is 0 Å². The van der Waals surface area contributed by atoms with E-state index in [2.05, 4.69) is 0 Å². The molecule has 0 bridgehead atoms. The highest BCUT2D eigenvalue weighted by molar-refractivity contribution is 5.94. The smallest absolute Gasteiger partial charge is 0.313 e. The molecule has 76 valence electrons. The average Bonchev–Trinajstić information content (AvgIpc) is 2.15. The zero-order valence-electron chi connectivity index (χ0n) is 8.73. The normalized spacial score (nSPS) is 8.87. The van der Waals surface area contributed by atoms with Crippen molar-refractivity contribution in [2.24, 2.45) is 0 Å². The van der Waals surface area contributed by atoms with Gasteiger partial charge in [0.05, 0.1) is 0 Å². The van der Waals surface area contributed by atoms with Gasteiger partial charge in [0.1, 0.15) is 18.8 Å². The van der Waals surface area contributed by atoms with Gasteiger partial charge >= 0.3 is 5.97 Å². The van der Waals surface area contributed by atoms with Crippen LogP contribution in [0.4, 0.5) is 0 Å². The number of hydrogen-bond acceptors (Lipinski definition) is 3. The lowest BCUT2D eigenvalue weighted by Crippen LogP contribution is -2.08. The minimum Gasteiger partial charge on any atom is -0.460 e. The highest BCUT2D eigenvalue weighted by atomic mass is 24.3. The van der Waals surface area contributed by atoms with Gasteiger partial charge in [-0.05, 0) is 12.5 Å². The van der Waals surface area contributed by atoms with E-state index in [1.807, 2.05) is 30.3 Å². The Morgan fingerprint density at radius 2 is 1.80 bits per heavy atom. The van der Waals surface area contributed by atoms with Gasteiger partial charge in [0.2, 0.25) is 0 Å². The molecule has 2 radical (unpaired) electrons. The Morgan fingerprint density at radius 1 is 1.20 bits per heavy atom. The van der Waals surface area contributed by atoms with Gasteiger partial charge in [-0.25, -0.2) is 0 Å². The van der Waals surface area contributed by atoms with E-state index in [1.165, 1.54) is 6.92 Å². The molecule has 0 saturated carbocycles. The van der Waals surface area contributed by atoms with Crippen LogP contribution in [0, 0.1) is 0 Å². The Kier molecular flexibility index (Phi) is 6.99. The largest absolute Gasteiger partial charge is 0.460 e. The maximum Gasteiger partial charge on any atom is 0.313 e. The molecule has 15 heavy (non-hydrogen) atoms. The van der Waals surface area contributed by atoms with Crippen molar-refractivity contribution in [2.45, 2.75) is 20.0 Å². The van der Waals surface area contributed by atoms with E-state index in [1.54, 1.807) is 0 Å². The van der Waals surface area contributed by atoms with Crippen LogP contribution in [0.5, 0.6) is 0 Å². The highest BCUT2D eigenvalue weighted by Gasteiger charge is 2.05. The number of benzene rings is 1. The second kappa shape index (κ2) is 7.42. The van der Waals surface area contributed by atoms with E-state index < -0.39 is 5.97 Å². The van der Waals surface area contributed by atoms with Crippen LogP contribution in [-0.2, 0) is 20.9 Å². The van der Waals surface area contributed by atoms with Crippen LogP contribution in [0.1, 0.15) is 18.9 Å². The minimum absolute atomic E-state index is 0. The third-order valence-corrected chi connectivity index (χ3v) is 1.64. The zero-order valence-corrected chi connectivity index (χ0v) is 10.1. The molecule has 1 aromatic rings. The molecule has 0 unspecified atom stereocenters. The molecule has 0 fully saturated rings. The number of hydrogen-bond donors (Lipinski definition) is 0. The first kappa shape index (κ1) is 14.1. The molecule has 0 heterocycles. The van der Waals surface area contributed by atoms with Crippen LogP contribution >= 0.6 is 0 Å². The van der Waals surface area contributed by atoms with Crippen molar-refractivity contribution in [1.82, 2.24) is 0 Å². The predicted octanol–water partition coefficient (Wildman–Crippen LogP) is 1.33. The zero-order chi connectivity index (χ0) is 10.4. The third kappa shape index (κ3) is 6.25. The van der Waals surface area contributed by atoms with Crippen LogP contribution in [0.25, 0.3) is 0 Å². The highest BCUT2D eigenvalue weighted by Crippen LogP contribution is 2.01. The standard InChI is InChI=1S/C11H12O3.Mg/c1-9(12)7-11(13)14-8-10-5-3-2-4-6-10;/h2-6H,7-8H2,1H3;. The molecule has 0 amide bonds. The Bertz CT molecular complexity index is 322. The third-order valence-electron chi connectivity index (χ3n) is 1.64. The first-order valence-corrected chi connectivity index (χ1v) is 4.37. The van der Waals surface area contributed by atoms with Crippen molar-refractivity contribution in [1.29, 1.82) is 0 Å². The predicted molar refractivity (Wildman–Crippen MR) is 57.3 cm³/mol. The molecule has 1 rings (SSSR count). The summed E-state index contributed by atoms with van der Waals surface area (Å²) in [5, 5.41) is 0. The first-order valence-electron chi connectivity index (χ1n) is 4.37. The van der Waals surface area contributed by atoms with Gasteiger partial charge in [-0.1, -0.05) is 30.3 Å². The van der Waals surface area contributed by atoms with E-state index in [9.17, 15) is 9.59 Å². The lowest BCUT2D eigenvalue weighted by molar-refractivity contribution is -0.146. The number of ketones is 1. The number of carbonyl (C=O) groups excluding carboxylic acids is 2. The molecule has 3 nitrogen and oxygen atoms in total. The lowest BCUT2D eigenvalue weighted by Gasteiger charge is -2.02. The van der Waals surface area contributed by atoms with Gasteiger partial charge in [-0.15, -0.1) is 0 Å². The van der Waals surface area contributed by atoms with Crippen molar-refractivity contribution in [2.75, 3.05) is 0 Å². The SMILES string of the molecule is CC(=O)CC(=O)OCc1ccccc1.[Mg]. The molecule has 0 atom stereocenters. The molecule has 0 aliphatic rings. The Balaban J connectivity index is 0.00000196. The topological polar surface area (TPSA) is 43.4 Å². The van der Waals surface area contributed by atoms with Crippen molar-refractivity contribution in [3.63, 3.8) is 0 Å². The first-order chi connectivity index (χ1) is 6.68. The second-order valence-corrected chi connectivity index (χ2v) is 3.03.